The van der Waals surface area contributed by atoms with Gasteiger partial charge in [-0.3, -0.25) is 14.5 Å². The first-order valence-corrected chi connectivity index (χ1v) is 10.1. The first-order chi connectivity index (χ1) is 12.7. The Morgan fingerprint density at radius 3 is 2.38 bits per heavy atom. The quantitative estimate of drug-likeness (QED) is 0.830. The van der Waals surface area contributed by atoms with E-state index in [0.29, 0.717) is 17.7 Å². The maximum absolute atomic E-state index is 12.7. The van der Waals surface area contributed by atoms with Gasteiger partial charge < -0.3 is 14.2 Å². The molecule has 0 saturated carbocycles. The summed E-state index contributed by atoms with van der Waals surface area (Å²) in [5.41, 5.74) is 0. The van der Waals surface area contributed by atoms with Crippen molar-refractivity contribution in [2.45, 2.75) is 44.6 Å². The van der Waals surface area contributed by atoms with Crippen molar-refractivity contribution in [3.8, 4) is 0 Å². The van der Waals surface area contributed by atoms with Gasteiger partial charge in [-0.05, 0) is 57.2 Å². The molecule has 3 aliphatic rings. The fraction of sp³-hybridized carbons (Fsp3) is 0.700. The minimum Gasteiger partial charge on any atom is -0.459 e. The van der Waals surface area contributed by atoms with Crippen molar-refractivity contribution in [1.29, 1.82) is 0 Å². The Morgan fingerprint density at radius 1 is 0.923 bits per heavy atom. The fourth-order valence-corrected chi connectivity index (χ4v) is 4.73. The van der Waals surface area contributed by atoms with Crippen molar-refractivity contribution in [3.63, 3.8) is 0 Å². The van der Waals surface area contributed by atoms with Crippen molar-refractivity contribution in [3.05, 3.63) is 24.2 Å². The second-order valence-corrected chi connectivity index (χ2v) is 7.87. The van der Waals surface area contributed by atoms with Gasteiger partial charge in [0.15, 0.2) is 5.76 Å². The van der Waals surface area contributed by atoms with E-state index in [9.17, 15) is 9.59 Å². The van der Waals surface area contributed by atoms with Crippen LogP contribution in [0.2, 0.25) is 0 Å². The molecule has 0 aromatic carbocycles. The lowest BCUT2D eigenvalue weighted by molar-refractivity contribution is -0.136. The van der Waals surface area contributed by atoms with Crippen LogP contribution in [0.4, 0.5) is 0 Å². The van der Waals surface area contributed by atoms with Crippen LogP contribution in [-0.2, 0) is 4.79 Å². The third kappa shape index (κ3) is 3.65. The first-order valence-electron chi connectivity index (χ1n) is 10.1. The lowest BCUT2D eigenvalue weighted by Crippen LogP contribution is -2.51. The number of amides is 2. The number of hydrogen-bond donors (Lipinski definition) is 0. The van der Waals surface area contributed by atoms with Crippen molar-refractivity contribution in [1.82, 2.24) is 14.7 Å². The summed E-state index contributed by atoms with van der Waals surface area (Å²) in [5.74, 6) is 0.967. The number of likely N-dealkylation sites (tertiary alicyclic amines) is 3. The maximum Gasteiger partial charge on any atom is 0.289 e. The smallest absolute Gasteiger partial charge is 0.289 e. The summed E-state index contributed by atoms with van der Waals surface area (Å²) in [5, 5.41) is 0. The molecule has 0 spiro atoms. The summed E-state index contributed by atoms with van der Waals surface area (Å²) in [6.07, 6.45) is 7.96. The van der Waals surface area contributed by atoms with Crippen LogP contribution < -0.4 is 0 Å². The van der Waals surface area contributed by atoms with Gasteiger partial charge in [-0.15, -0.1) is 0 Å². The number of piperidine rings is 2. The van der Waals surface area contributed by atoms with Crippen LogP contribution in [0.3, 0.4) is 0 Å². The van der Waals surface area contributed by atoms with E-state index in [1.54, 1.807) is 18.4 Å². The summed E-state index contributed by atoms with van der Waals surface area (Å²) in [4.78, 5) is 31.6. The summed E-state index contributed by atoms with van der Waals surface area (Å²) in [6.45, 7) is 5.41. The first kappa shape index (κ1) is 17.6. The van der Waals surface area contributed by atoms with Crippen molar-refractivity contribution < 1.29 is 14.0 Å². The van der Waals surface area contributed by atoms with Gasteiger partial charge >= 0.3 is 0 Å². The summed E-state index contributed by atoms with van der Waals surface area (Å²) in [6, 6.07) is 3.98. The molecule has 3 saturated heterocycles. The van der Waals surface area contributed by atoms with E-state index in [1.165, 1.54) is 0 Å². The number of furan rings is 1. The maximum atomic E-state index is 12.7. The molecule has 1 aromatic heterocycles. The predicted molar refractivity (Wildman–Crippen MR) is 97.7 cm³/mol. The highest BCUT2D eigenvalue weighted by molar-refractivity contribution is 5.91. The molecule has 6 nitrogen and oxygen atoms in total. The normalized spacial score (nSPS) is 25.6. The zero-order chi connectivity index (χ0) is 17.9. The highest BCUT2D eigenvalue weighted by Crippen LogP contribution is 2.26. The molecule has 6 heteroatoms. The third-order valence-electron chi connectivity index (χ3n) is 6.22. The molecular formula is C20H29N3O3. The van der Waals surface area contributed by atoms with Gasteiger partial charge in [0, 0.05) is 38.8 Å². The Balaban J connectivity index is 1.30. The summed E-state index contributed by atoms with van der Waals surface area (Å²) >= 11 is 0. The fourth-order valence-electron chi connectivity index (χ4n) is 4.73. The van der Waals surface area contributed by atoms with Crippen LogP contribution in [0.5, 0.6) is 0 Å². The molecule has 142 valence electrons. The van der Waals surface area contributed by atoms with Gasteiger partial charge in [-0.25, -0.2) is 0 Å². The van der Waals surface area contributed by atoms with E-state index >= 15 is 0 Å². The predicted octanol–water partition coefficient (Wildman–Crippen LogP) is 2.22. The lowest BCUT2D eigenvalue weighted by atomic mass is 9.93. The number of hydrogen-bond acceptors (Lipinski definition) is 4. The zero-order valence-electron chi connectivity index (χ0n) is 15.4. The molecule has 4 heterocycles. The molecule has 1 aromatic rings. The van der Waals surface area contributed by atoms with Gasteiger partial charge in [0.2, 0.25) is 5.91 Å². The number of rotatable bonds is 3. The van der Waals surface area contributed by atoms with Crippen molar-refractivity contribution >= 4 is 11.8 Å². The standard InChI is InChI=1S/C20H29N3O3/c24-19(21-9-1-2-10-21)16-5-3-11-23(15-16)17-7-12-22(13-8-17)20(25)18-6-4-14-26-18/h4,6,14,16-17H,1-3,5,7-13,15H2/t16-/m0/s1. The van der Waals surface area contributed by atoms with Crippen molar-refractivity contribution in [2.75, 3.05) is 39.3 Å². The Morgan fingerprint density at radius 2 is 1.69 bits per heavy atom. The Kier molecular flexibility index (Phi) is 5.29. The molecule has 2 amide bonds. The van der Waals surface area contributed by atoms with E-state index in [1.807, 2.05) is 4.90 Å². The molecule has 0 N–H and O–H groups in total. The summed E-state index contributed by atoms with van der Waals surface area (Å²) < 4.78 is 5.24. The second-order valence-electron chi connectivity index (χ2n) is 7.87. The Hall–Kier alpha value is -1.82. The Labute approximate surface area is 155 Å². The molecule has 4 rings (SSSR count). The van der Waals surface area contributed by atoms with Crippen LogP contribution in [0.1, 0.15) is 49.1 Å². The van der Waals surface area contributed by atoms with Crippen LogP contribution in [0.25, 0.3) is 0 Å². The minimum absolute atomic E-state index is 0.00539. The van der Waals surface area contributed by atoms with Gasteiger partial charge in [-0.1, -0.05) is 0 Å². The van der Waals surface area contributed by atoms with Gasteiger partial charge in [0.05, 0.1) is 12.2 Å². The van der Waals surface area contributed by atoms with Gasteiger partial charge in [0.25, 0.3) is 5.91 Å². The zero-order valence-corrected chi connectivity index (χ0v) is 15.4. The molecule has 0 aliphatic carbocycles. The molecule has 0 bridgehead atoms. The molecular weight excluding hydrogens is 330 g/mol. The largest absolute Gasteiger partial charge is 0.459 e. The molecule has 26 heavy (non-hydrogen) atoms. The topological polar surface area (TPSA) is 57.0 Å². The van der Waals surface area contributed by atoms with Crippen LogP contribution in [0, 0.1) is 5.92 Å². The van der Waals surface area contributed by atoms with E-state index < -0.39 is 0 Å². The van der Waals surface area contributed by atoms with E-state index in [-0.39, 0.29) is 11.8 Å². The number of carbonyl (C=O) groups excluding carboxylic acids is 2. The summed E-state index contributed by atoms with van der Waals surface area (Å²) in [7, 11) is 0. The van der Waals surface area contributed by atoms with Gasteiger partial charge in [0.1, 0.15) is 0 Å². The van der Waals surface area contributed by atoms with Crippen molar-refractivity contribution in [2.24, 2.45) is 5.92 Å². The number of carbonyl (C=O) groups is 2. The average molecular weight is 359 g/mol. The van der Waals surface area contributed by atoms with E-state index in [4.69, 9.17) is 4.42 Å². The van der Waals surface area contributed by atoms with E-state index in [0.717, 1.165) is 77.8 Å². The third-order valence-corrected chi connectivity index (χ3v) is 6.22. The molecule has 0 unspecified atom stereocenters. The lowest BCUT2D eigenvalue weighted by Gasteiger charge is -2.42. The SMILES string of the molecule is O=C(c1ccco1)N1CCC(N2CCC[C@H](C(=O)N3CCCC3)C2)CC1. The van der Waals surface area contributed by atoms with Crippen LogP contribution >= 0.6 is 0 Å². The van der Waals surface area contributed by atoms with Gasteiger partial charge in [-0.2, -0.15) is 0 Å². The highest BCUT2D eigenvalue weighted by Gasteiger charge is 2.35. The highest BCUT2D eigenvalue weighted by atomic mass is 16.3. The average Bonchev–Trinajstić information content (AvgIpc) is 3.41. The molecule has 0 radical (unpaired) electrons. The van der Waals surface area contributed by atoms with Crippen LogP contribution in [0.15, 0.2) is 22.8 Å². The van der Waals surface area contributed by atoms with Crippen LogP contribution in [-0.4, -0.2) is 71.8 Å². The molecule has 1 atom stereocenters. The number of nitrogens with zero attached hydrogens (tertiary/aromatic N) is 3. The Bertz CT molecular complexity index is 616. The minimum atomic E-state index is -0.00539. The molecule has 3 aliphatic heterocycles. The second kappa shape index (κ2) is 7.82. The monoisotopic (exact) mass is 359 g/mol. The molecule has 3 fully saturated rings. The van der Waals surface area contributed by atoms with E-state index in [2.05, 4.69) is 9.80 Å².